The Morgan fingerprint density at radius 1 is 1.21 bits per heavy atom. The number of carbonyl (C=O) groups is 1. The van der Waals surface area contributed by atoms with Crippen LogP contribution in [0.4, 0.5) is 0 Å². The normalized spacial score (nSPS) is 14.5. The second-order valence-corrected chi connectivity index (χ2v) is 7.34. The number of fused-ring (bicyclic) bond motifs is 1. The molecule has 5 heterocycles. The number of carbonyl (C=O) groups excluding carboxylic acids is 1. The standard InChI is InChI=1S/C18H15N5O4S/c1-10-4-5-12(26-10)11-8-25-16-15(11)17(20-9-19-16)28-18-22-21-13(27-18)7-23-6-2-3-14(23)24/h4-5,8-9H,2-3,6-7H2,1H3. The number of aryl methyl sites for hydroxylation is 1. The fraction of sp³-hybridized carbons (Fsp3) is 0.278. The number of hydrogen-bond donors (Lipinski definition) is 0. The fourth-order valence-corrected chi connectivity index (χ4v) is 3.93. The van der Waals surface area contributed by atoms with Crippen LogP contribution in [0.1, 0.15) is 24.5 Å². The first-order valence-corrected chi connectivity index (χ1v) is 9.56. The molecule has 4 aromatic heterocycles. The van der Waals surface area contributed by atoms with Crippen molar-refractivity contribution in [1.82, 2.24) is 25.1 Å². The van der Waals surface area contributed by atoms with Crippen molar-refractivity contribution in [3.8, 4) is 11.3 Å². The van der Waals surface area contributed by atoms with Gasteiger partial charge in [-0.25, -0.2) is 9.97 Å². The van der Waals surface area contributed by atoms with Crippen molar-refractivity contribution in [2.45, 2.75) is 36.6 Å². The summed E-state index contributed by atoms with van der Waals surface area (Å²) >= 11 is 1.22. The highest BCUT2D eigenvalue weighted by Gasteiger charge is 2.23. The molecular formula is C18H15N5O4S. The quantitative estimate of drug-likeness (QED) is 0.467. The summed E-state index contributed by atoms with van der Waals surface area (Å²) in [6.45, 7) is 2.92. The molecule has 0 aliphatic carbocycles. The van der Waals surface area contributed by atoms with Gasteiger partial charge in [-0.05, 0) is 37.2 Å². The predicted molar refractivity (Wildman–Crippen MR) is 97.3 cm³/mol. The number of furan rings is 2. The minimum atomic E-state index is 0.113. The lowest BCUT2D eigenvalue weighted by atomic mass is 10.2. The molecule has 0 atom stereocenters. The molecule has 1 aliphatic rings. The minimum Gasteiger partial charge on any atom is -0.461 e. The van der Waals surface area contributed by atoms with Gasteiger partial charge in [-0.15, -0.1) is 10.2 Å². The van der Waals surface area contributed by atoms with E-state index in [0.717, 1.165) is 29.7 Å². The third kappa shape index (κ3) is 3.05. The van der Waals surface area contributed by atoms with Gasteiger partial charge in [0.1, 0.15) is 29.1 Å². The first kappa shape index (κ1) is 17.0. The van der Waals surface area contributed by atoms with E-state index in [9.17, 15) is 4.79 Å². The van der Waals surface area contributed by atoms with Crippen LogP contribution in [-0.4, -0.2) is 37.5 Å². The van der Waals surface area contributed by atoms with Gasteiger partial charge >= 0.3 is 0 Å². The maximum absolute atomic E-state index is 11.8. The highest BCUT2D eigenvalue weighted by Crippen LogP contribution is 2.38. The third-order valence-corrected chi connectivity index (χ3v) is 5.31. The molecule has 0 bridgehead atoms. The van der Waals surface area contributed by atoms with Crippen molar-refractivity contribution in [3.05, 3.63) is 36.4 Å². The number of aromatic nitrogens is 4. The molecule has 0 saturated carbocycles. The first-order chi connectivity index (χ1) is 13.7. The zero-order chi connectivity index (χ0) is 19.1. The van der Waals surface area contributed by atoms with E-state index in [1.165, 1.54) is 18.1 Å². The number of rotatable bonds is 5. The average Bonchev–Trinajstić information content (AvgIpc) is 3.45. The van der Waals surface area contributed by atoms with Gasteiger partial charge in [0.25, 0.3) is 5.22 Å². The molecule has 1 fully saturated rings. The van der Waals surface area contributed by atoms with E-state index in [2.05, 4.69) is 20.2 Å². The Balaban J connectivity index is 1.44. The van der Waals surface area contributed by atoms with Crippen LogP contribution in [0.25, 0.3) is 22.4 Å². The molecule has 1 saturated heterocycles. The summed E-state index contributed by atoms with van der Waals surface area (Å²) in [6.07, 6.45) is 4.46. The second-order valence-electron chi connectivity index (χ2n) is 6.40. The molecule has 0 spiro atoms. The molecule has 0 radical (unpaired) electrons. The molecule has 0 aromatic carbocycles. The topological polar surface area (TPSA) is 111 Å². The van der Waals surface area contributed by atoms with Gasteiger partial charge in [0.15, 0.2) is 0 Å². The van der Waals surface area contributed by atoms with Gasteiger partial charge in [0, 0.05) is 13.0 Å². The van der Waals surface area contributed by atoms with Crippen LogP contribution in [0.2, 0.25) is 0 Å². The van der Waals surface area contributed by atoms with Crippen LogP contribution in [-0.2, 0) is 11.3 Å². The highest BCUT2D eigenvalue weighted by molar-refractivity contribution is 7.99. The average molecular weight is 397 g/mol. The summed E-state index contributed by atoms with van der Waals surface area (Å²) in [5.74, 6) is 1.99. The summed E-state index contributed by atoms with van der Waals surface area (Å²) in [4.78, 5) is 22.0. The smallest absolute Gasteiger partial charge is 0.283 e. The van der Waals surface area contributed by atoms with Crippen molar-refractivity contribution in [3.63, 3.8) is 0 Å². The van der Waals surface area contributed by atoms with E-state index in [1.807, 2.05) is 19.1 Å². The Hall–Kier alpha value is -3.14. The van der Waals surface area contributed by atoms with E-state index in [1.54, 1.807) is 11.2 Å². The second kappa shape index (κ2) is 6.79. The highest BCUT2D eigenvalue weighted by atomic mass is 32.2. The van der Waals surface area contributed by atoms with Crippen LogP contribution in [0.15, 0.2) is 48.2 Å². The Kier molecular flexibility index (Phi) is 4.12. The van der Waals surface area contributed by atoms with Crippen LogP contribution < -0.4 is 0 Å². The summed E-state index contributed by atoms with van der Waals surface area (Å²) in [7, 11) is 0. The van der Waals surface area contributed by atoms with Gasteiger partial charge in [-0.3, -0.25) is 4.79 Å². The zero-order valence-corrected chi connectivity index (χ0v) is 15.7. The third-order valence-electron chi connectivity index (χ3n) is 4.47. The number of hydrogen-bond acceptors (Lipinski definition) is 9. The van der Waals surface area contributed by atoms with E-state index in [4.69, 9.17) is 13.3 Å². The number of likely N-dealkylation sites (tertiary alicyclic amines) is 1. The van der Waals surface area contributed by atoms with Gasteiger partial charge in [0.2, 0.25) is 17.5 Å². The molecule has 0 unspecified atom stereocenters. The van der Waals surface area contributed by atoms with Crippen molar-refractivity contribution < 1.29 is 18.0 Å². The van der Waals surface area contributed by atoms with Crippen molar-refractivity contribution in [2.75, 3.05) is 6.54 Å². The van der Waals surface area contributed by atoms with Gasteiger partial charge in [0.05, 0.1) is 17.5 Å². The largest absolute Gasteiger partial charge is 0.461 e. The van der Waals surface area contributed by atoms with Gasteiger partial charge in [-0.2, -0.15) is 0 Å². The number of nitrogens with zero attached hydrogens (tertiary/aromatic N) is 5. The fourth-order valence-electron chi connectivity index (χ4n) is 3.15. The maximum atomic E-state index is 11.8. The number of amides is 1. The van der Waals surface area contributed by atoms with E-state index >= 15 is 0 Å². The Morgan fingerprint density at radius 3 is 2.93 bits per heavy atom. The van der Waals surface area contributed by atoms with Crippen LogP contribution in [0.3, 0.4) is 0 Å². The lowest BCUT2D eigenvalue weighted by molar-refractivity contribution is -0.128. The van der Waals surface area contributed by atoms with E-state index < -0.39 is 0 Å². The van der Waals surface area contributed by atoms with Crippen LogP contribution >= 0.6 is 11.8 Å². The molecule has 5 rings (SSSR count). The SMILES string of the molecule is Cc1ccc(-c2coc3ncnc(Sc4nnc(CN5CCCC5=O)o4)c23)o1. The minimum absolute atomic E-state index is 0.113. The zero-order valence-electron chi connectivity index (χ0n) is 14.9. The summed E-state index contributed by atoms with van der Waals surface area (Å²) < 4.78 is 17.0. The van der Waals surface area contributed by atoms with Crippen molar-refractivity contribution in [2.24, 2.45) is 0 Å². The summed E-state index contributed by atoms with van der Waals surface area (Å²) in [5.41, 5.74) is 1.21. The molecular weight excluding hydrogens is 382 g/mol. The van der Waals surface area contributed by atoms with Crippen molar-refractivity contribution in [1.29, 1.82) is 0 Å². The monoisotopic (exact) mass is 397 g/mol. The molecule has 1 amide bonds. The molecule has 9 nitrogen and oxygen atoms in total. The Morgan fingerprint density at radius 2 is 2.14 bits per heavy atom. The molecule has 10 heteroatoms. The van der Waals surface area contributed by atoms with Crippen molar-refractivity contribution >= 4 is 28.8 Å². The van der Waals surface area contributed by atoms with Gasteiger partial charge < -0.3 is 18.2 Å². The summed E-state index contributed by atoms with van der Waals surface area (Å²) in [6, 6.07) is 3.76. The van der Waals surface area contributed by atoms with E-state index in [0.29, 0.717) is 40.6 Å². The maximum Gasteiger partial charge on any atom is 0.283 e. The lowest BCUT2D eigenvalue weighted by Gasteiger charge is -2.11. The first-order valence-electron chi connectivity index (χ1n) is 8.74. The molecule has 28 heavy (non-hydrogen) atoms. The lowest BCUT2D eigenvalue weighted by Crippen LogP contribution is -2.23. The van der Waals surface area contributed by atoms with E-state index in [-0.39, 0.29) is 5.91 Å². The summed E-state index contributed by atoms with van der Waals surface area (Å²) in [5, 5.41) is 9.79. The Labute approximate surface area is 163 Å². The van der Waals surface area contributed by atoms with Crippen LogP contribution in [0, 0.1) is 6.92 Å². The Bertz CT molecular complexity index is 1160. The molecule has 0 N–H and O–H groups in total. The van der Waals surface area contributed by atoms with Crippen LogP contribution in [0.5, 0.6) is 0 Å². The molecule has 4 aromatic rings. The van der Waals surface area contributed by atoms with Gasteiger partial charge in [-0.1, -0.05) is 0 Å². The molecule has 142 valence electrons. The predicted octanol–water partition coefficient (Wildman–Crippen LogP) is 3.45. The molecule has 1 aliphatic heterocycles.